The fourth-order valence-electron chi connectivity index (χ4n) is 3.20. The zero-order chi connectivity index (χ0) is 24.3. The molecule has 34 heavy (non-hydrogen) atoms. The highest BCUT2D eigenvalue weighted by molar-refractivity contribution is 7.99. The van der Waals surface area contributed by atoms with Gasteiger partial charge in [0.2, 0.25) is 0 Å². The van der Waals surface area contributed by atoms with Gasteiger partial charge in [0.15, 0.2) is 14.7 Å². The molecule has 0 aliphatic rings. The summed E-state index contributed by atoms with van der Waals surface area (Å²) in [5, 5.41) is 11.3. The minimum atomic E-state index is -0.325. The van der Waals surface area contributed by atoms with Crippen LogP contribution in [0.1, 0.15) is 19.4 Å². The first-order valence-corrected chi connectivity index (χ1v) is 13.0. The number of benzene rings is 4. The Morgan fingerprint density at radius 1 is 0.706 bits per heavy atom. The number of nitro benzene ring substituents is 1. The van der Waals surface area contributed by atoms with Crippen LogP contribution in [0.5, 0.6) is 0 Å². The smallest absolute Gasteiger partial charge is 0.258 e. The summed E-state index contributed by atoms with van der Waals surface area (Å²) in [5.74, 6) is 0. The predicted molar refractivity (Wildman–Crippen MR) is 144 cm³/mol. The maximum atomic E-state index is 11.3. The quantitative estimate of drug-likeness (QED) is 0.118. The van der Waals surface area contributed by atoms with E-state index in [1.807, 2.05) is 44.2 Å². The van der Waals surface area contributed by atoms with E-state index in [-0.39, 0.29) is 21.5 Å². The van der Waals surface area contributed by atoms with Crippen molar-refractivity contribution in [3.05, 3.63) is 131 Å². The first-order chi connectivity index (χ1) is 16.5. The summed E-state index contributed by atoms with van der Waals surface area (Å²) >= 11 is 1.44. The molecule has 4 rings (SSSR count). The van der Waals surface area contributed by atoms with E-state index in [0.717, 1.165) is 10.5 Å². The number of aryl methyl sites for hydroxylation is 1. The van der Waals surface area contributed by atoms with Crippen molar-refractivity contribution in [2.45, 2.75) is 45.2 Å². The van der Waals surface area contributed by atoms with Crippen LogP contribution in [0.4, 0.5) is 5.69 Å². The molecule has 5 heteroatoms. The van der Waals surface area contributed by atoms with Gasteiger partial charge in [-0.25, -0.2) is 0 Å². The zero-order valence-corrected chi connectivity index (χ0v) is 21.2. The molecule has 0 N–H and O–H groups in total. The number of hydrogen-bond donors (Lipinski definition) is 0. The highest BCUT2D eigenvalue weighted by Gasteiger charge is 2.29. The van der Waals surface area contributed by atoms with E-state index >= 15 is 0 Å². The van der Waals surface area contributed by atoms with Crippen molar-refractivity contribution in [1.82, 2.24) is 0 Å². The lowest BCUT2D eigenvalue weighted by Gasteiger charge is -2.11. The van der Waals surface area contributed by atoms with Crippen molar-refractivity contribution in [3.63, 3.8) is 0 Å². The van der Waals surface area contributed by atoms with Gasteiger partial charge in [-0.2, -0.15) is 0 Å². The van der Waals surface area contributed by atoms with Crippen LogP contribution >= 0.6 is 11.8 Å². The zero-order valence-electron chi connectivity index (χ0n) is 19.5. The lowest BCUT2D eigenvalue weighted by atomic mass is 10.2. The Morgan fingerprint density at radius 3 is 1.74 bits per heavy atom. The Labute approximate surface area is 209 Å². The van der Waals surface area contributed by atoms with Crippen LogP contribution in [0.25, 0.3) is 0 Å². The van der Waals surface area contributed by atoms with Crippen LogP contribution in [-0.2, 0) is 10.9 Å². The Morgan fingerprint density at radius 2 is 1.24 bits per heavy atom. The molecule has 0 fully saturated rings. The molecule has 3 nitrogen and oxygen atoms in total. The lowest BCUT2D eigenvalue weighted by Crippen LogP contribution is -2.05. The molecule has 0 atom stereocenters. The molecule has 0 radical (unpaired) electrons. The Hall–Kier alpha value is -3.28. The van der Waals surface area contributed by atoms with Crippen LogP contribution in [0.15, 0.2) is 140 Å². The van der Waals surface area contributed by atoms with E-state index in [0.29, 0.717) is 4.90 Å². The monoisotopic (exact) mass is 486 g/mol. The number of allylic oxidation sites excluding steroid dienone is 2. The fraction of sp³-hybridized carbons (Fsp3) is 0.103. The summed E-state index contributed by atoms with van der Waals surface area (Å²) in [6.45, 7) is 6.07. The number of rotatable bonds is 6. The van der Waals surface area contributed by atoms with Crippen LogP contribution in [0, 0.1) is 17.0 Å². The molecular formula is C29H28NO2S2+. The minimum Gasteiger partial charge on any atom is -0.258 e. The summed E-state index contributed by atoms with van der Waals surface area (Å²) in [5.41, 5.74) is 1.25. The van der Waals surface area contributed by atoms with E-state index in [1.165, 1.54) is 26.4 Å². The van der Waals surface area contributed by atoms with Crippen LogP contribution < -0.4 is 0 Å². The molecule has 172 valence electrons. The third-order valence-corrected chi connectivity index (χ3v) is 8.41. The van der Waals surface area contributed by atoms with Crippen molar-refractivity contribution < 1.29 is 4.92 Å². The van der Waals surface area contributed by atoms with Crippen LogP contribution in [0.2, 0.25) is 0 Å². The van der Waals surface area contributed by atoms with Gasteiger partial charge in [0.25, 0.3) is 5.69 Å². The van der Waals surface area contributed by atoms with E-state index in [4.69, 9.17) is 0 Å². The molecule has 0 bridgehead atoms. The minimum absolute atomic E-state index is 0.138. The highest BCUT2D eigenvalue weighted by atomic mass is 32.2. The van der Waals surface area contributed by atoms with E-state index in [2.05, 4.69) is 73.7 Å². The number of nitro groups is 1. The maximum Gasteiger partial charge on any atom is 0.283 e. The number of hydrogen-bond acceptors (Lipinski definition) is 3. The molecule has 0 saturated heterocycles. The van der Waals surface area contributed by atoms with Gasteiger partial charge in [0.05, 0.1) is 20.7 Å². The van der Waals surface area contributed by atoms with Gasteiger partial charge in [-0.05, 0) is 74.9 Å². The summed E-state index contributed by atoms with van der Waals surface area (Å²) in [4.78, 5) is 16.5. The van der Waals surface area contributed by atoms with Gasteiger partial charge in [-0.3, -0.25) is 10.1 Å². The average molecular weight is 487 g/mol. The van der Waals surface area contributed by atoms with Gasteiger partial charge in [0.1, 0.15) is 0 Å². The first kappa shape index (κ1) is 25.3. The van der Waals surface area contributed by atoms with Gasteiger partial charge in [-0.1, -0.05) is 72.4 Å². The maximum absolute atomic E-state index is 11.3. The molecule has 0 unspecified atom stereocenters. The molecule has 0 aliphatic carbocycles. The second-order valence-corrected chi connectivity index (χ2v) is 10.5. The summed E-state index contributed by atoms with van der Waals surface area (Å²) in [6.07, 6.45) is 4.00. The van der Waals surface area contributed by atoms with E-state index in [9.17, 15) is 10.1 Å². The molecule has 4 aromatic rings. The second-order valence-electron chi connectivity index (χ2n) is 7.35. The van der Waals surface area contributed by atoms with Crippen molar-refractivity contribution in [3.8, 4) is 0 Å². The molecule has 4 aromatic carbocycles. The Balaban J connectivity index is 0.000000751. The Bertz CT molecular complexity index is 1200. The topological polar surface area (TPSA) is 43.1 Å². The second kappa shape index (κ2) is 12.8. The van der Waals surface area contributed by atoms with Crippen molar-refractivity contribution in [2.24, 2.45) is 0 Å². The van der Waals surface area contributed by atoms with Crippen LogP contribution in [-0.4, -0.2) is 4.92 Å². The molecule has 0 heterocycles. The van der Waals surface area contributed by atoms with Gasteiger partial charge >= 0.3 is 0 Å². The van der Waals surface area contributed by atoms with Crippen LogP contribution in [0.3, 0.4) is 0 Å². The molecule has 0 aromatic heterocycles. The number of para-hydroxylation sites is 1. The van der Waals surface area contributed by atoms with Gasteiger partial charge in [-0.15, -0.1) is 0 Å². The van der Waals surface area contributed by atoms with E-state index in [1.54, 1.807) is 18.2 Å². The number of nitrogens with zero attached hydrogens (tertiary/aromatic N) is 1. The normalized spacial score (nSPS) is 10.7. The third kappa shape index (κ3) is 6.62. The summed E-state index contributed by atoms with van der Waals surface area (Å²) < 4.78 is 0. The lowest BCUT2D eigenvalue weighted by molar-refractivity contribution is -0.387. The summed E-state index contributed by atoms with van der Waals surface area (Å²) in [6, 6.07) is 34.4. The molecule has 0 aliphatic heterocycles. The Kier molecular flexibility index (Phi) is 9.56. The third-order valence-electron chi connectivity index (χ3n) is 4.96. The molecule has 0 amide bonds. The van der Waals surface area contributed by atoms with Crippen molar-refractivity contribution in [2.75, 3.05) is 0 Å². The van der Waals surface area contributed by atoms with Crippen molar-refractivity contribution in [1.29, 1.82) is 0 Å². The van der Waals surface area contributed by atoms with Gasteiger partial charge in [0, 0.05) is 11.0 Å². The summed E-state index contributed by atoms with van der Waals surface area (Å²) in [7, 11) is -0.209. The molecule has 0 spiro atoms. The standard InChI is InChI=1S/C25H20NO2S2.C4H8/c1-19-18-22(16-17-24(19)29-25-15-9-8-14-23(25)26(27)28)30(20-10-4-2-5-11-20)21-12-6-3-7-13-21;1-3-4-2/h2-18H,1H3;3-4H,1-2H3/q+1;/b;4-3-. The van der Waals surface area contributed by atoms with Crippen molar-refractivity contribution >= 4 is 28.3 Å². The SMILES string of the molecule is C/C=C\C.Cc1cc([S+](c2ccccc2)c2ccccc2)ccc1Sc1ccccc1[N+](=O)[O-]. The molecule has 0 saturated carbocycles. The largest absolute Gasteiger partial charge is 0.283 e. The highest BCUT2D eigenvalue weighted by Crippen LogP contribution is 2.38. The molecular weight excluding hydrogens is 458 g/mol. The fourth-order valence-corrected chi connectivity index (χ4v) is 6.36. The average Bonchev–Trinajstić information content (AvgIpc) is 2.87. The van der Waals surface area contributed by atoms with Gasteiger partial charge < -0.3 is 0 Å². The predicted octanol–water partition coefficient (Wildman–Crippen LogP) is 8.73. The van der Waals surface area contributed by atoms with E-state index < -0.39 is 0 Å². The first-order valence-electron chi connectivity index (χ1n) is 11.0.